The van der Waals surface area contributed by atoms with E-state index in [0.717, 1.165) is 24.0 Å². The van der Waals surface area contributed by atoms with Crippen molar-refractivity contribution in [2.24, 2.45) is 0 Å². The molecular weight excluding hydrogens is 238 g/mol. The molecule has 1 aromatic heterocycles. The Morgan fingerprint density at radius 3 is 2.58 bits per heavy atom. The molecule has 0 atom stereocenters. The van der Waals surface area contributed by atoms with E-state index in [4.69, 9.17) is 0 Å². The standard InChI is InChI=1S/C16H17NO2/c1-2-3-9-14-15(16(18)19)13(10-11-17-14)12-7-5-4-6-8-12/h4-8,10-11H,2-3,9H2,1H3,(H,18,19). The molecule has 0 aliphatic heterocycles. The molecule has 2 rings (SSSR count). The fourth-order valence-electron chi connectivity index (χ4n) is 2.14. The van der Waals surface area contributed by atoms with Crippen LogP contribution in [-0.2, 0) is 6.42 Å². The fourth-order valence-corrected chi connectivity index (χ4v) is 2.14. The van der Waals surface area contributed by atoms with Gasteiger partial charge >= 0.3 is 5.97 Å². The van der Waals surface area contributed by atoms with Crippen LogP contribution in [0.1, 0.15) is 35.8 Å². The molecule has 98 valence electrons. The Bertz CT molecular complexity index is 564. The molecule has 1 aromatic carbocycles. The van der Waals surface area contributed by atoms with E-state index in [9.17, 15) is 9.90 Å². The molecule has 3 heteroatoms. The zero-order chi connectivity index (χ0) is 13.7. The lowest BCUT2D eigenvalue weighted by atomic mass is 9.97. The summed E-state index contributed by atoms with van der Waals surface area (Å²) in [6.45, 7) is 2.08. The first-order valence-electron chi connectivity index (χ1n) is 6.50. The molecule has 0 amide bonds. The summed E-state index contributed by atoms with van der Waals surface area (Å²) < 4.78 is 0. The quantitative estimate of drug-likeness (QED) is 0.884. The molecule has 0 aliphatic carbocycles. The molecule has 0 radical (unpaired) electrons. The maximum Gasteiger partial charge on any atom is 0.338 e. The highest BCUT2D eigenvalue weighted by Gasteiger charge is 2.17. The minimum absolute atomic E-state index is 0.335. The molecule has 1 heterocycles. The van der Waals surface area contributed by atoms with Crippen molar-refractivity contribution in [2.75, 3.05) is 0 Å². The molecule has 0 saturated carbocycles. The van der Waals surface area contributed by atoms with Crippen LogP contribution in [0.25, 0.3) is 11.1 Å². The smallest absolute Gasteiger partial charge is 0.338 e. The van der Waals surface area contributed by atoms with Gasteiger partial charge in [0.2, 0.25) is 0 Å². The Morgan fingerprint density at radius 1 is 1.21 bits per heavy atom. The summed E-state index contributed by atoms with van der Waals surface area (Å²) in [7, 11) is 0. The Hall–Kier alpha value is -2.16. The van der Waals surface area contributed by atoms with Crippen molar-refractivity contribution in [3.8, 4) is 11.1 Å². The van der Waals surface area contributed by atoms with E-state index in [-0.39, 0.29) is 0 Å². The number of benzene rings is 1. The fraction of sp³-hybridized carbons (Fsp3) is 0.250. The molecule has 2 aromatic rings. The van der Waals surface area contributed by atoms with Crippen molar-refractivity contribution in [3.05, 3.63) is 53.9 Å². The number of aromatic nitrogens is 1. The van der Waals surface area contributed by atoms with E-state index >= 15 is 0 Å². The molecule has 0 spiro atoms. The first-order chi connectivity index (χ1) is 9.24. The Labute approximate surface area is 112 Å². The minimum Gasteiger partial charge on any atom is -0.478 e. The Morgan fingerprint density at radius 2 is 1.95 bits per heavy atom. The van der Waals surface area contributed by atoms with Gasteiger partial charge in [-0.05, 0) is 30.0 Å². The minimum atomic E-state index is -0.905. The Balaban J connectivity index is 2.52. The van der Waals surface area contributed by atoms with Crippen molar-refractivity contribution < 1.29 is 9.90 Å². The number of nitrogens with zero attached hydrogens (tertiary/aromatic N) is 1. The first kappa shape index (κ1) is 13.3. The topological polar surface area (TPSA) is 50.2 Å². The average molecular weight is 255 g/mol. The van der Waals surface area contributed by atoms with Crippen LogP contribution in [0, 0.1) is 0 Å². The van der Waals surface area contributed by atoms with Gasteiger partial charge in [-0.3, -0.25) is 4.98 Å². The Kier molecular flexibility index (Phi) is 4.29. The molecule has 0 aliphatic rings. The third-order valence-electron chi connectivity index (χ3n) is 3.10. The molecule has 0 fully saturated rings. The van der Waals surface area contributed by atoms with E-state index in [1.165, 1.54) is 0 Å². The number of carboxylic acids is 1. The van der Waals surface area contributed by atoms with Gasteiger partial charge in [0.15, 0.2) is 0 Å². The number of carbonyl (C=O) groups is 1. The number of hydrogen-bond donors (Lipinski definition) is 1. The molecule has 0 unspecified atom stereocenters. The van der Waals surface area contributed by atoms with Gasteiger partial charge in [-0.25, -0.2) is 4.79 Å². The van der Waals surface area contributed by atoms with Crippen molar-refractivity contribution in [3.63, 3.8) is 0 Å². The second-order valence-electron chi connectivity index (χ2n) is 4.45. The van der Waals surface area contributed by atoms with Crippen LogP contribution in [0.15, 0.2) is 42.6 Å². The van der Waals surface area contributed by atoms with Gasteiger partial charge in [0.25, 0.3) is 0 Å². The largest absolute Gasteiger partial charge is 0.478 e. The van der Waals surface area contributed by atoms with Gasteiger partial charge in [-0.15, -0.1) is 0 Å². The molecule has 0 bridgehead atoms. The summed E-state index contributed by atoms with van der Waals surface area (Å²) in [5, 5.41) is 9.47. The van der Waals surface area contributed by atoms with Crippen LogP contribution in [-0.4, -0.2) is 16.1 Å². The lowest BCUT2D eigenvalue weighted by molar-refractivity contribution is 0.0696. The second-order valence-corrected chi connectivity index (χ2v) is 4.45. The second kappa shape index (κ2) is 6.14. The van der Waals surface area contributed by atoms with Crippen molar-refractivity contribution in [2.45, 2.75) is 26.2 Å². The normalized spacial score (nSPS) is 10.4. The number of unbranched alkanes of at least 4 members (excludes halogenated alkanes) is 1. The predicted octanol–water partition coefficient (Wildman–Crippen LogP) is 3.79. The lowest BCUT2D eigenvalue weighted by Crippen LogP contribution is -2.07. The lowest BCUT2D eigenvalue weighted by Gasteiger charge is -2.10. The van der Waals surface area contributed by atoms with Gasteiger partial charge in [0.05, 0.1) is 11.3 Å². The zero-order valence-corrected chi connectivity index (χ0v) is 11.0. The maximum atomic E-state index is 11.5. The van der Waals surface area contributed by atoms with Crippen molar-refractivity contribution >= 4 is 5.97 Å². The van der Waals surface area contributed by atoms with Gasteiger partial charge < -0.3 is 5.11 Å². The van der Waals surface area contributed by atoms with E-state index in [0.29, 0.717) is 17.7 Å². The molecule has 3 nitrogen and oxygen atoms in total. The monoisotopic (exact) mass is 255 g/mol. The highest BCUT2D eigenvalue weighted by Crippen LogP contribution is 2.25. The molecular formula is C16H17NO2. The summed E-state index contributed by atoms with van der Waals surface area (Å²) in [6, 6.07) is 11.4. The number of carboxylic acid groups (broad SMARTS) is 1. The van der Waals surface area contributed by atoms with Crippen LogP contribution < -0.4 is 0 Å². The summed E-state index contributed by atoms with van der Waals surface area (Å²) in [6.07, 6.45) is 4.38. The van der Waals surface area contributed by atoms with Crippen LogP contribution in [0.4, 0.5) is 0 Å². The average Bonchev–Trinajstić information content (AvgIpc) is 2.45. The summed E-state index contributed by atoms with van der Waals surface area (Å²) in [5.74, 6) is -0.905. The van der Waals surface area contributed by atoms with Crippen LogP contribution in [0.3, 0.4) is 0 Å². The predicted molar refractivity (Wildman–Crippen MR) is 75.2 cm³/mol. The highest BCUT2D eigenvalue weighted by atomic mass is 16.4. The van der Waals surface area contributed by atoms with Gasteiger partial charge in [-0.1, -0.05) is 43.7 Å². The van der Waals surface area contributed by atoms with Crippen LogP contribution >= 0.6 is 0 Å². The van der Waals surface area contributed by atoms with Gasteiger partial charge in [0, 0.05) is 6.20 Å². The van der Waals surface area contributed by atoms with E-state index < -0.39 is 5.97 Å². The summed E-state index contributed by atoms with van der Waals surface area (Å²) in [4.78, 5) is 15.8. The van der Waals surface area contributed by atoms with Crippen molar-refractivity contribution in [1.82, 2.24) is 4.98 Å². The number of hydrogen-bond acceptors (Lipinski definition) is 2. The number of pyridine rings is 1. The van der Waals surface area contributed by atoms with Gasteiger partial charge in [0.1, 0.15) is 0 Å². The van der Waals surface area contributed by atoms with Gasteiger partial charge in [-0.2, -0.15) is 0 Å². The molecule has 19 heavy (non-hydrogen) atoms. The van der Waals surface area contributed by atoms with E-state index in [2.05, 4.69) is 11.9 Å². The third-order valence-corrected chi connectivity index (χ3v) is 3.10. The molecule has 0 saturated heterocycles. The highest BCUT2D eigenvalue weighted by molar-refractivity contribution is 5.97. The first-order valence-corrected chi connectivity index (χ1v) is 6.50. The number of aryl methyl sites for hydroxylation is 1. The van der Waals surface area contributed by atoms with Crippen molar-refractivity contribution in [1.29, 1.82) is 0 Å². The summed E-state index contributed by atoms with van der Waals surface area (Å²) >= 11 is 0. The summed E-state index contributed by atoms with van der Waals surface area (Å²) in [5.41, 5.74) is 2.67. The third kappa shape index (κ3) is 2.99. The number of rotatable bonds is 5. The SMILES string of the molecule is CCCCc1nccc(-c2ccccc2)c1C(=O)O. The van der Waals surface area contributed by atoms with E-state index in [1.807, 2.05) is 30.3 Å². The van der Waals surface area contributed by atoms with Crippen LogP contribution in [0.5, 0.6) is 0 Å². The van der Waals surface area contributed by atoms with Crippen LogP contribution in [0.2, 0.25) is 0 Å². The molecule has 1 N–H and O–H groups in total. The maximum absolute atomic E-state index is 11.5. The number of aromatic carboxylic acids is 1. The zero-order valence-electron chi connectivity index (χ0n) is 11.0. The van der Waals surface area contributed by atoms with E-state index in [1.54, 1.807) is 12.3 Å².